The molecule has 0 aliphatic carbocycles. The number of nitrogens with zero attached hydrogens (tertiary/aromatic N) is 5. The summed E-state index contributed by atoms with van der Waals surface area (Å²) in [6.45, 7) is 0. The third-order valence-corrected chi connectivity index (χ3v) is 4.53. The van der Waals surface area contributed by atoms with Gasteiger partial charge in [0.1, 0.15) is 11.3 Å². The molecule has 2 aromatic carbocycles. The summed E-state index contributed by atoms with van der Waals surface area (Å²) in [7, 11) is 0. The van der Waals surface area contributed by atoms with Crippen molar-refractivity contribution in [2.75, 3.05) is 0 Å². The second-order valence-corrected chi connectivity index (χ2v) is 6.57. The number of halogens is 3. The summed E-state index contributed by atoms with van der Waals surface area (Å²) < 4.78 is 42.0. The number of carbonyl (C=O) groups is 2. The van der Waals surface area contributed by atoms with Crippen molar-refractivity contribution in [3.05, 3.63) is 77.7 Å². The van der Waals surface area contributed by atoms with Crippen LogP contribution in [-0.4, -0.2) is 46.9 Å². The second-order valence-electron chi connectivity index (χ2n) is 6.57. The molecular formula is C20H12F3N5O4. The van der Waals surface area contributed by atoms with Crippen molar-refractivity contribution >= 4 is 11.9 Å². The monoisotopic (exact) mass is 443 g/mol. The van der Waals surface area contributed by atoms with E-state index in [1.54, 1.807) is 12.1 Å². The van der Waals surface area contributed by atoms with Crippen molar-refractivity contribution in [2.45, 2.75) is 6.18 Å². The maximum atomic E-state index is 13.4. The number of carboxylic acid groups (broad SMARTS) is 2. The van der Waals surface area contributed by atoms with Crippen LogP contribution in [0.5, 0.6) is 0 Å². The molecule has 0 saturated heterocycles. The zero-order valence-electron chi connectivity index (χ0n) is 15.9. The molecule has 162 valence electrons. The van der Waals surface area contributed by atoms with E-state index in [9.17, 15) is 22.8 Å². The van der Waals surface area contributed by atoms with Gasteiger partial charge in [-0.2, -0.15) is 18.3 Å². The van der Waals surface area contributed by atoms with Crippen LogP contribution < -0.4 is 0 Å². The Kier molecular flexibility index (Phi) is 4.97. The summed E-state index contributed by atoms with van der Waals surface area (Å²) >= 11 is 0. The van der Waals surface area contributed by atoms with E-state index in [0.717, 1.165) is 0 Å². The molecule has 0 spiro atoms. The van der Waals surface area contributed by atoms with E-state index in [4.69, 9.17) is 10.2 Å². The topological polar surface area (TPSA) is 123 Å². The molecule has 0 radical (unpaired) electrons. The van der Waals surface area contributed by atoms with Crippen LogP contribution in [-0.2, 0) is 6.18 Å². The van der Waals surface area contributed by atoms with Gasteiger partial charge in [-0.1, -0.05) is 17.3 Å². The number of carboxylic acids is 2. The molecule has 0 bridgehead atoms. The third-order valence-electron chi connectivity index (χ3n) is 4.53. The Labute approximate surface area is 177 Å². The van der Waals surface area contributed by atoms with Gasteiger partial charge in [0.05, 0.1) is 29.3 Å². The number of alkyl halides is 3. The van der Waals surface area contributed by atoms with Gasteiger partial charge in [-0.15, -0.1) is 5.10 Å². The van der Waals surface area contributed by atoms with E-state index in [2.05, 4.69) is 15.4 Å². The number of aromatic nitrogens is 5. The van der Waals surface area contributed by atoms with E-state index < -0.39 is 29.4 Å². The van der Waals surface area contributed by atoms with Crippen LogP contribution in [0, 0.1) is 0 Å². The predicted octanol–water partition coefficient (Wildman–Crippen LogP) is 3.54. The lowest BCUT2D eigenvalue weighted by Gasteiger charge is -2.12. The van der Waals surface area contributed by atoms with Crippen LogP contribution in [0.25, 0.3) is 22.6 Å². The maximum absolute atomic E-state index is 13.4. The molecule has 4 rings (SSSR count). The quantitative estimate of drug-likeness (QED) is 0.484. The highest BCUT2D eigenvalue weighted by atomic mass is 19.4. The first-order chi connectivity index (χ1) is 15.1. The normalized spacial score (nSPS) is 11.5. The molecule has 2 heterocycles. The molecule has 0 amide bonds. The lowest BCUT2D eigenvalue weighted by atomic mass is 10.1. The Hall–Kier alpha value is -4.48. The minimum Gasteiger partial charge on any atom is -0.478 e. The highest BCUT2D eigenvalue weighted by Crippen LogP contribution is 2.33. The van der Waals surface area contributed by atoms with Crippen LogP contribution in [0.4, 0.5) is 13.2 Å². The van der Waals surface area contributed by atoms with Crippen LogP contribution in [0.3, 0.4) is 0 Å². The summed E-state index contributed by atoms with van der Waals surface area (Å²) in [6.07, 6.45) is -2.74. The van der Waals surface area contributed by atoms with Gasteiger partial charge < -0.3 is 10.2 Å². The molecular weight excluding hydrogens is 431 g/mol. The highest BCUT2D eigenvalue weighted by molar-refractivity contribution is 5.89. The van der Waals surface area contributed by atoms with Gasteiger partial charge in [-0.3, -0.25) is 0 Å². The first-order valence-corrected chi connectivity index (χ1v) is 8.90. The Morgan fingerprint density at radius 2 is 1.62 bits per heavy atom. The molecule has 32 heavy (non-hydrogen) atoms. The van der Waals surface area contributed by atoms with Crippen LogP contribution in [0.2, 0.25) is 0 Å². The number of hydrogen-bond acceptors (Lipinski definition) is 5. The fourth-order valence-electron chi connectivity index (χ4n) is 3.05. The predicted molar refractivity (Wildman–Crippen MR) is 103 cm³/mol. The SMILES string of the molecule is O=C(O)c1cccc(-c2cn(-c3ccc(-n4ncc(C(=O)O)c4C(F)(F)F)cc3)nn2)c1. The lowest BCUT2D eigenvalue weighted by molar-refractivity contribution is -0.143. The van der Waals surface area contributed by atoms with Crippen LogP contribution in [0.15, 0.2) is 60.9 Å². The lowest BCUT2D eigenvalue weighted by Crippen LogP contribution is -2.17. The second kappa shape index (κ2) is 7.65. The Bertz CT molecular complexity index is 1330. The summed E-state index contributed by atoms with van der Waals surface area (Å²) in [5.41, 5.74) is -0.869. The standard InChI is InChI=1S/C20H12F3N5O4/c21-20(22,23)17-15(19(31)32)9-24-28(17)14-6-4-13(5-7-14)27-10-16(25-26-27)11-2-1-3-12(8-11)18(29)30/h1-10H,(H,29,30)(H,31,32). The number of benzene rings is 2. The molecule has 0 atom stereocenters. The number of aromatic carboxylic acids is 2. The van der Waals surface area contributed by atoms with Gasteiger partial charge in [0, 0.05) is 5.56 Å². The fourth-order valence-corrected chi connectivity index (χ4v) is 3.05. The summed E-state index contributed by atoms with van der Waals surface area (Å²) in [4.78, 5) is 22.3. The van der Waals surface area contributed by atoms with Crippen molar-refractivity contribution in [3.63, 3.8) is 0 Å². The smallest absolute Gasteiger partial charge is 0.434 e. The molecule has 0 aliphatic rings. The summed E-state index contributed by atoms with van der Waals surface area (Å²) in [5.74, 6) is -2.82. The zero-order valence-corrected chi connectivity index (χ0v) is 15.9. The van der Waals surface area contributed by atoms with Crippen molar-refractivity contribution in [2.24, 2.45) is 0 Å². The summed E-state index contributed by atoms with van der Waals surface area (Å²) in [5, 5.41) is 29.7. The minimum absolute atomic E-state index is 0.00285. The minimum atomic E-state index is -4.92. The molecule has 0 fully saturated rings. The van der Waals surface area contributed by atoms with E-state index in [1.807, 2.05) is 0 Å². The number of rotatable bonds is 5. The highest BCUT2D eigenvalue weighted by Gasteiger charge is 2.40. The Morgan fingerprint density at radius 1 is 0.938 bits per heavy atom. The van der Waals surface area contributed by atoms with E-state index in [0.29, 0.717) is 27.8 Å². The molecule has 0 aliphatic heterocycles. The van der Waals surface area contributed by atoms with Gasteiger partial charge in [0.25, 0.3) is 0 Å². The van der Waals surface area contributed by atoms with Crippen molar-refractivity contribution in [1.82, 2.24) is 24.8 Å². The molecule has 2 aromatic heterocycles. The molecule has 2 N–H and O–H groups in total. The van der Waals surface area contributed by atoms with Crippen molar-refractivity contribution < 1.29 is 33.0 Å². The van der Waals surface area contributed by atoms with Gasteiger partial charge in [0.2, 0.25) is 0 Å². The van der Waals surface area contributed by atoms with Gasteiger partial charge in [-0.05, 0) is 36.4 Å². The molecule has 12 heteroatoms. The molecule has 0 unspecified atom stereocenters. The fraction of sp³-hybridized carbons (Fsp3) is 0.0500. The first kappa shape index (κ1) is 20.8. The molecule has 0 saturated carbocycles. The molecule has 9 nitrogen and oxygen atoms in total. The molecule has 4 aromatic rings. The van der Waals surface area contributed by atoms with Crippen LogP contribution in [0.1, 0.15) is 26.4 Å². The van der Waals surface area contributed by atoms with Crippen LogP contribution >= 0.6 is 0 Å². The van der Waals surface area contributed by atoms with E-state index >= 15 is 0 Å². The van der Waals surface area contributed by atoms with Gasteiger partial charge >= 0.3 is 18.1 Å². The Morgan fingerprint density at radius 3 is 2.25 bits per heavy atom. The largest absolute Gasteiger partial charge is 0.478 e. The van der Waals surface area contributed by atoms with Gasteiger partial charge in [0.15, 0.2) is 5.69 Å². The summed E-state index contributed by atoms with van der Waals surface area (Å²) in [6, 6.07) is 11.7. The average Bonchev–Trinajstić information content (AvgIpc) is 3.42. The van der Waals surface area contributed by atoms with Gasteiger partial charge in [-0.25, -0.2) is 19.0 Å². The zero-order chi connectivity index (χ0) is 23.0. The first-order valence-electron chi connectivity index (χ1n) is 8.90. The number of hydrogen-bond donors (Lipinski definition) is 2. The third kappa shape index (κ3) is 3.80. The van der Waals surface area contributed by atoms with Crippen molar-refractivity contribution in [3.8, 4) is 22.6 Å². The van der Waals surface area contributed by atoms with Crippen molar-refractivity contribution in [1.29, 1.82) is 0 Å². The maximum Gasteiger partial charge on any atom is 0.434 e. The van der Waals surface area contributed by atoms with E-state index in [1.165, 1.54) is 47.3 Å². The average molecular weight is 443 g/mol. The Balaban J connectivity index is 1.66. The van der Waals surface area contributed by atoms with E-state index in [-0.39, 0.29) is 11.3 Å².